The molecule has 12 heavy (non-hydrogen) atoms. The molecular formula is C5H6O3S4. The summed E-state index contributed by atoms with van der Waals surface area (Å²) < 4.78 is -2.14. The zero-order valence-corrected chi connectivity index (χ0v) is 9.25. The first-order valence-corrected chi connectivity index (χ1v) is 4.79. The smallest absolute Gasteiger partial charge is 0.268 e. The van der Waals surface area contributed by atoms with Crippen molar-refractivity contribution in [3.8, 4) is 0 Å². The molecule has 0 unspecified atom stereocenters. The first-order valence-electron chi connectivity index (χ1n) is 2.72. The molecule has 7 heteroatoms. The normalized spacial score (nSPS) is 10.5. The summed E-state index contributed by atoms with van der Waals surface area (Å²) >= 11 is 14.3. The molecule has 0 aliphatic carbocycles. The third kappa shape index (κ3) is 3.42. The van der Waals surface area contributed by atoms with Gasteiger partial charge in [-0.15, -0.1) is 0 Å². The molecule has 0 amide bonds. The quantitative estimate of drug-likeness (QED) is 0.244. The second kappa shape index (κ2) is 5.21. The van der Waals surface area contributed by atoms with Crippen molar-refractivity contribution in [1.29, 1.82) is 0 Å². The van der Waals surface area contributed by atoms with Crippen molar-refractivity contribution >= 4 is 67.9 Å². The Bertz CT molecular complexity index is 201. The molecule has 0 spiro atoms. The van der Waals surface area contributed by atoms with Crippen LogP contribution < -0.4 is 0 Å². The fourth-order valence-corrected chi connectivity index (χ4v) is 0.825. The highest BCUT2D eigenvalue weighted by atomic mass is 32.2. The average molecular weight is 242 g/mol. The van der Waals surface area contributed by atoms with Crippen molar-refractivity contribution in [3.05, 3.63) is 0 Å². The molecule has 0 saturated carbocycles. The Balaban J connectivity index is 4.41. The molecular weight excluding hydrogens is 236 g/mol. The summed E-state index contributed by atoms with van der Waals surface area (Å²) in [6.07, 6.45) is 0. The Morgan fingerprint density at radius 1 is 0.750 bits per heavy atom. The molecule has 0 aromatic heterocycles. The molecule has 0 heterocycles. The van der Waals surface area contributed by atoms with Crippen LogP contribution in [0.25, 0.3) is 0 Å². The number of hydrogen-bond donors (Lipinski definition) is 4. The molecule has 68 valence electrons. The molecule has 0 aromatic rings. The van der Waals surface area contributed by atoms with Gasteiger partial charge in [-0.1, -0.05) is 0 Å². The number of ketones is 3. The molecule has 0 aromatic carbocycles. The summed E-state index contributed by atoms with van der Waals surface area (Å²) in [5.74, 6) is -3.08. The molecule has 0 aliphatic rings. The van der Waals surface area contributed by atoms with E-state index in [1.54, 1.807) is 0 Å². The number of hydrogen-bond acceptors (Lipinski definition) is 7. The first kappa shape index (κ1) is 12.4. The fourth-order valence-electron chi connectivity index (χ4n) is 0.356. The van der Waals surface area contributed by atoms with E-state index in [1.807, 2.05) is 0 Å². The van der Waals surface area contributed by atoms with Gasteiger partial charge >= 0.3 is 0 Å². The molecule has 0 atom stereocenters. The van der Waals surface area contributed by atoms with Crippen LogP contribution in [0.5, 0.6) is 0 Å². The number of carbonyl (C=O) groups excluding carboxylic acids is 3. The lowest BCUT2D eigenvalue weighted by Gasteiger charge is -2.01. The highest BCUT2D eigenvalue weighted by Gasteiger charge is 2.28. The highest BCUT2D eigenvalue weighted by molar-refractivity contribution is 8.01. The van der Waals surface area contributed by atoms with E-state index in [0.29, 0.717) is 0 Å². The van der Waals surface area contributed by atoms with Gasteiger partial charge < -0.3 is 0 Å². The lowest BCUT2D eigenvalue weighted by Crippen LogP contribution is -2.31. The van der Waals surface area contributed by atoms with Crippen molar-refractivity contribution in [3.63, 3.8) is 0 Å². The summed E-state index contributed by atoms with van der Waals surface area (Å²) in [7, 11) is 0. The van der Waals surface area contributed by atoms with Crippen molar-refractivity contribution < 1.29 is 14.4 Å². The maximum Gasteiger partial charge on any atom is 0.268 e. The summed E-state index contributed by atoms with van der Waals surface area (Å²) in [6.45, 7) is 0. The minimum atomic E-state index is -1.17. The fraction of sp³-hybridized carbons (Fsp3) is 0.400. The van der Waals surface area contributed by atoms with Crippen molar-refractivity contribution in [1.82, 2.24) is 0 Å². The molecule has 0 fully saturated rings. The molecule has 0 rings (SSSR count). The topological polar surface area (TPSA) is 51.2 Å². The number of thiol groups is 4. The Kier molecular flexibility index (Phi) is 5.38. The SMILES string of the molecule is O=C(C(=O)C(S)S)C(=O)C(S)S. The van der Waals surface area contributed by atoms with Crippen LogP contribution in [0.15, 0.2) is 0 Å². The van der Waals surface area contributed by atoms with Gasteiger partial charge in [0.1, 0.15) is 9.16 Å². The second-order valence-corrected chi connectivity index (χ2v) is 4.69. The van der Waals surface area contributed by atoms with Gasteiger partial charge in [0, 0.05) is 0 Å². The minimum Gasteiger partial charge on any atom is -0.288 e. The largest absolute Gasteiger partial charge is 0.288 e. The monoisotopic (exact) mass is 242 g/mol. The van der Waals surface area contributed by atoms with Crippen molar-refractivity contribution in [2.45, 2.75) is 9.16 Å². The van der Waals surface area contributed by atoms with Crippen LogP contribution in [0.1, 0.15) is 0 Å². The van der Waals surface area contributed by atoms with Crippen LogP contribution in [0.3, 0.4) is 0 Å². The Labute approximate surface area is 91.3 Å². The molecule has 3 nitrogen and oxygen atoms in total. The molecule has 0 radical (unpaired) electrons. The van der Waals surface area contributed by atoms with Gasteiger partial charge in [-0.05, 0) is 0 Å². The van der Waals surface area contributed by atoms with Crippen molar-refractivity contribution in [2.75, 3.05) is 0 Å². The third-order valence-corrected chi connectivity index (χ3v) is 1.85. The Hall–Kier alpha value is 0.410. The van der Waals surface area contributed by atoms with Gasteiger partial charge in [-0.3, -0.25) is 14.4 Å². The summed E-state index contributed by atoms with van der Waals surface area (Å²) in [5, 5.41) is 0. The summed E-state index contributed by atoms with van der Waals surface area (Å²) in [6, 6.07) is 0. The molecule has 0 aliphatic heterocycles. The second-order valence-electron chi connectivity index (χ2n) is 1.80. The minimum absolute atomic E-state index is 0.959. The van der Waals surface area contributed by atoms with Gasteiger partial charge in [-0.25, -0.2) is 0 Å². The van der Waals surface area contributed by atoms with Crippen LogP contribution in [0, 0.1) is 0 Å². The molecule has 0 N–H and O–H groups in total. The summed E-state index contributed by atoms with van der Waals surface area (Å²) in [5.41, 5.74) is 0. The van der Waals surface area contributed by atoms with E-state index in [-0.39, 0.29) is 0 Å². The van der Waals surface area contributed by atoms with E-state index in [0.717, 1.165) is 0 Å². The number of rotatable bonds is 4. The van der Waals surface area contributed by atoms with Gasteiger partial charge in [0.2, 0.25) is 11.6 Å². The van der Waals surface area contributed by atoms with E-state index in [9.17, 15) is 14.4 Å². The zero-order valence-electron chi connectivity index (χ0n) is 5.67. The van der Waals surface area contributed by atoms with Crippen LogP contribution >= 0.6 is 50.5 Å². The highest BCUT2D eigenvalue weighted by Crippen LogP contribution is 2.07. The van der Waals surface area contributed by atoms with Crippen molar-refractivity contribution in [2.24, 2.45) is 0 Å². The van der Waals surface area contributed by atoms with Crippen LogP contribution in [0.2, 0.25) is 0 Å². The Morgan fingerprint density at radius 2 is 1.00 bits per heavy atom. The van der Waals surface area contributed by atoms with E-state index in [1.165, 1.54) is 0 Å². The predicted octanol–water partition coefficient (Wildman–Crippen LogP) is 0.0651. The van der Waals surface area contributed by atoms with E-state index >= 15 is 0 Å². The third-order valence-electron chi connectivity index (χ3n) is 0.917. The number of Topliss-reactive ketones (excluding diaryl/α,β-unsaturated/α-hetero) is 3. The van der Waals surface area contributed by atoms with Gasteiger partial charge in [0.15, 0.2) is 0 Å². The van der Waals surface area contributed by atoms with E-state index < -0.39 is 26.5 Å². The maximum atomic E-state index is 10.8. The maximum absolute atomic E-state index is 10.8. The summed E-state index contributed by atoms with van der Waals surface area (Å²) in [4.78, 5) is 32.4. The zero-order chi connectivity index (χ0) is 9.89. The van der Waals surface area contributed by atoms with E-state index in [2.05, 4.69) is 50.5 Å². The lowest BCUT2D eigenvalue weighted by atomic mass is 10.2. The average Bonchev–Trinajstić information content (AvgIpc) is 2.00. The van der Waals surface area contributed by atoms with Crippen LogP contribution in [0.4, 0.5) is 0 Å². The Morgan fingerprint density at radius 3 is 1.17 bits per heavy atom. The standard InChI is InChI=1S/C5H6O3S4/c6-1(2(7)4(9)10)3(8)5(11)12/h4-5,9-12H. The first-order chi connectivity index (χ1) is 5.37. The van der Waals surface area contributed by atoms with Crippen LogP contribution in [-0.4, -0.2) is 26.5 Å². The predicted molar refractivity (Wildman–Crippen MR) is 58.5 cm³/mol. The molecule has 0 saturated heterocycles. The van der Waals surface area contributed by atoms with E-state index in [4.69, 9.17) is 0 Å². The van der Waals surface area contributed by atoms with Gasteiger partial charge in [0.25, 0.3) is 5.78 Å². The number of carbonyl (C=O) groups is 3. The van der Waals surface area contributed by atoms with Gasteiger partial charge in [-0.2, -0.15) is 50.5 Å². The lowest BCUT2D eigenvalue weighted by molar-refractivity contribution is -0.142. The molecule has 0 bridgehead atoms. The van der Waals surface area contributed by atoms with Gasteiger partial charge in [0.05, 0.1) is 0 Å². The van der Waals surface area contributed by atoms with Crippen LogP contribution in [-0.2, 0) is 14.4 Å².